The summed E-state index contributed by atoms with van der Waals surface area (Å²) in [5, 5.41) is 5.46. The van der Waals surface area contributed by atoms with Crippen molar-refractivity contribution in [2.24, 2.45) is 5.73 Å². The largest absolute Gasteiger partial charge is 0.326 e. The molecule has 0 saturated carbocycles. The van der Waals surface area contributed by atoms with Crippen molar-refractivity contribution < 1.29 is 0 Å². The van der Waals surface area contributed by atoms with Gasteiger partial charge in [0.1, 0.15) is 0 Å². The normalized spacial score (nSPS) is 11.9. The monoisotopic (exact) mass is 213 g/mol. The minimum atomic E-state index is -0.0619. The predicted molar refractivity (Wildman–Crippen MR) is 61.6 cm³/mol. The summed E-state index contributed by atoms with van der Waals surface area (Å²) in [6.07, 6.45) is 2.01. The van der Waals surface area contributed by atoms with E-state index in [9.17, 15) is 0 Å². The quantitative estimate of drug-likeness (QED) is 0.702. The van der Waals surface area contributed by atoms with E-state index < -0.39 is 0 Å². The average molecular weight is 213 g/mol. The Morgan fingerprint density at radius 1 is 1.50 bits per heavy atom. The molecule has 0 saturated heterocycles. The van der Waals surface area contributed by atoms with Crippen LogP contribution in [0.3, 0.4) is 0 Å². The fraction of sp³-hybridized carbons (Fsp3) is 0.700. The van der Waals surface area contributed by atoms with Crippen molar-refractivity contribution in [3.63, 3.8) is 0 Å². The van der Waals surface area contributed by atoms with Crippen LogP contribution in [0.4, 0.5) is 0 Å². The maximum atomic E-state index is 5.86. The highest BCUT2D eigenvalue weighted by Crippen LogP contribution is 2.02. The summed E-state index contributed by atoms with van der Waals surface area (Å²) in [7, 11) is 0. The Kier molecular flexibility index (Phi) is 4.51. The van der Waals surface area contributed by atoms with Crippen LogP contribution in [0.25, 0.3) is 0 Å². The Labute approximate surface area is 89.7 Å². The molecule has 0 fully saturated rings. The number of nitrogens with zero attached hydrogens (tertiary/aromatic N) is 1. The van der Waals surface area contributed by atoms with Crippen molar-refractivity contribution in [3.8, 4) is 0 Å². The van der Waals surface area contributed by atoms with Crippen LogP contribution in [-0.4, -0.2) is 23.6 Å². The Morgan fingerprint density at radius 2 is 2.29 bits per heavy atom. The lowest BCUT2D eigenvalue weighted by Gasteiger charge is -2.18. The molecule has 0 spiro atoms. The molecule has 0 aromatic carbocycles. The Balaban J connectivity index is 2.00. The molecule has 80 valence electrons. The highest BCUT2D eigenvalue weighted by atomic mass is 32.1. The first-order chi connectivity index (χ1) is 6.58. The van der Waals surface area contributed by atoms with E-state index >= 15 is 0 Å². The first kappa shape index (κ1) is 11.6. The Hall–Kier alpha value is -0.450. The van der Waals surface area contributed by atoms with Crippen LogP contribution < -0.4 is 11.1 Å². The van der Waals surface area contributed by atoms with Crippen molar-refractivity contribution >= 4 is 11.3 Å². The van der Waals surface area contributed by atoms with E-state index in [2.05, 4.69) is 29.5 Å². The maximum Gasteiger partial charge on any atom is 0.0794 e. The third-order valence-electron chi connectivity index (χ3n) is 1.99. The van der Waals surface area contributed by atoms with E-state index in [1.807, 2.05) is 5.51 Å². The van der Waals surface area contributed by atoms with Crippen molar-refractivity contribution in [1.82, 2.24) is 10.3 Å². The van der Waals surface area contributed by atoms with Gasteiger partial charge in [0, 0.05) is 23.9 Å². The molecule has 3 nitrogen and oxygen atoms in total. The molecule has 0 unspecified atom stereocenters. The molecule has 1 aromatic rings. The highest BCUT2D eigenvalue weighted by molar-refractivity contribution is 7.07. The summed E-state index contributed by atoms with van der Waals surface area (Å²) in [5.41, 5.74) is 8.85. The van der Waals surface area contributed by atoms with Gasteiger partial charge in [0.25, 0.3) is 0 Å². The SMILES string of the molecule is CC(C)(N)CCNCCc1cscn1. The summed E-state index contributed by atoms with van der Waals surface area (Å²) < 4.78 is 0. The van der Waals surface area contributed by atoms with Crippen LogP contribution in [0.5, 0.6) is 0 Å². The fourth-order valence-electron chi connectivity index (χ4n) is 1.11. The number of hydrogen-bond donors (Lipinski definition) is 2. The molecule has 0 aliphatic rings. The number of aromatic nitrogens is 1. The van der Waals surface area contributed by atoms with E-state index in [1.165, 1.54) is 5.69 Å². The number of nitrogens with one attached hydrogen (secondary N) is 1. The topological polar surface area (TPSA) is 50.9 Å². The van der Waals surface area contributed by atoms with Gasteiger partial charge in [-0.2, -0.15) is 0 Å². The second-order valence-electron chi connectivity index (χ2n) is 4.22. The predicted octanol–water partition coefficient (Wildman–Crippen LogP) is 1.40. The molecule has 0 bridgehead atoms. The van der Waals surface area contributed by atoms with Gasteiger partial charge in [-0.3, -0.25) is 0 Å². The molecular formula is C10H19N3S. The summed E-state index contributed by atoms with van der Waals surface area (Å²) >= 11 is 1.65. The molecule has 14 heavy (non-hydrogen) atoms. The molecular weight excluding hydrogens is 194 g/mol. The molecule has 0 aliphatic heterocycles. The van der Waals surface area contributed by atoms with Gasteiger partial charge in [-0.1, -0.05) is 0 Å². The van der Waals surface area contributed by atoms with Gasteiger partial charge in [0.2, 0.25) is 0 Å². The van der Waals surface area contributed by atoms with Gasteiger partial charge < -0.3 is 11.1 Å². The Bertz CT molecular complexity index is 238. The van der Waals surface area contributed by atoms with Crippen LogP contribution in [0.15, 0.2) is 10.9 Å². The standard InChI is InChI=1S/C10H19N3S/c1-10(2,11)4-6-12-5-3-9-7-14-8-13-9/h7-8,12H,3-6,11H2,1-2H3. The van der Waals surface area contributed by atoms with E-state index in [0.29, 0.717) is 0 Å². The number of thiazole rings is 1. The first-order valence-corrected chi connectivity index (χ1v) is 5.89. The Morgan fingerprint density at radius 3 is 2.86 bits per heavy atom. The summed E-state index contributed by atoms with van der Waals surface area (Å²) in [4.78, 5) is 4.22. The minimum absolute atomic E-state index is 0.0619. The number of rotatable bonds is 6. The van der Waals surface area contributed by atoms with Gasteiger partial charge in [-0.05, 0) is 26.8 Å². The zero-order valence-corrected chi connectivity index (χ0v) is 9.73. The fourth-order valence-corrected chi connectivity index (χ4v) is 1.71. The smallest absolute Gasteiger partial charge is 0.0794 e. The average Bonchev–Trinajstić information content (AvgIpc) is 2.54. The highest BCUT2D eigenvalue weighted by Gasteiger charge is 2.08. The van der Waals surface area contributed by atoms with Crippen LogP contribution in [0.2, 0.25) is 0 Å². The van der Waals surface area contributed by atoms with Crippen LogP contribution in [0.1, 0.15) is 26.0 Å². The van der Waals surface area contributed by atoms with Crippen LogP contribution in [-0.2, 0) is 6.42 Å². The summed E-state index contributed by atoms with van der Waals surface area (Å²) in [6, 6.07) is 0. The second-order valence-corrected chi connectivity index (χ2v) is 4.94. The lowest BCUT2D eigenvalue weighted by molar-refractivity contribution is 0.456. The van der Waals surface area contributed by atoms with Gasteiger partial charge in [-0.15, -0.1) is 11.3 Å². The van der Waals surface area contributed by atoms with Gasteiger partial charge >= 0.3 is 0 Å². The third kappa shape index (κ3) is 5.32. The number of hydrogen-bond acceptors (Lipinski definition) is 4. The molecule has 0 amide bonds. The molecule has 0 aliphatic carbocycles. The lowest BCUT2D eigenvalue weighted by atomic mass is 10.0. The van der Waals surface area contributed by atoms with E-state index in [1.54, 1.807) is 11.3 Å². The van der Waals surface area contributed by atoms with Crippen molar-refractivity contribution in [2.45, 2.75) is 32.2 Å². The molecule has 0 radical (unpaired) electrons. The first-order valence-electron chi connectivity index (χ1n) is 4.94. The molecule has 4 heteroatoms. The minimum Gasteiger partial charge on any atom is -0.326 e. The van der Waals surface area contributed by atoms with Crippen LogP contribution in [0, 0.1) is 0 Å². The summed E-state index contributed by atoms with van der Waals surface area (Å²) in [6.45, 7) is 6.07. The molecule has 0 atom stereocenters. The lowest BCUT2D eigenvalue weighted by Crippen LogP contribution is -2.36. The molecule has 1 aromatic heterocycles. The zero-order valence-electron chi connectivity index (χ0n) is 8.92. The van der Waals surface area contributed by atoms with Gasteiger partial charge in [-0.25, -0.2) is 4.98 Å². The van der Waals surface area contributed by atoms with E-state index in [-0.39, 0.29) is 5.54 Å². The van der Waals surface area contributed by atoms with Gasteiger partial charge in [0.05, 0.1) is 11.2 Å². The van der Waals surface area contributed by atoms with Crippen LogP contribution >= 0.6 is 11.3 Å². The molecule has 1 heterocycles. The third-order valence-corrected chi connectivity index (χ3v) is 2.62. The second kappa shape index (κ2) is 5.44. The summed E-state index contributed by atoms with van der Waals surface area (Å²) in [5.74, 6) is 0. The maximum absolute atomic E-state index is 5.86. The van der Waals surface area contributed by atoms with Crippen molar-refractivity contribution in [3.05, 3.63) is 16.6 Å². The van der Waals surface area contributed by atoms with E-state index in [4.69, 9.17) is 5.73 Å². The molecule has 1 rings (SSSR count). The zero-order chi connectivity index (χ0) is 10.4. The van der Waals surface area contributed by atoms with Crippen molar-refractivity contribution in [2.75, 3.05) is 13.1 Å². The molecule has 3 N–H and O–H groups in total. The van der Waals surface area contributed by atoms with Gasteiger partial charge in [0.15, 0.2) is 0 Å². The number of nitrogens with two attached hydrogens (primary N) is 1. The van der Waals surface area contributed by atoms with Crippen molar-refractivity contribution in [1.29, 1.82) is 0 Å². The van der Waals surface area contributed by atoms with E-state index in [0.717, 1.165) is 25.9 Å².